The van der Waals surface area contributed by atoms with Crippen LogP contribution in [-0.4, -0.2) is 28.2 Å². The molecule has 0 aromatic carbocycles. The Kier molecular flexibility index (Phi) is 4.30. The minimum Gasteiger partial charge on any atom is -0.481 e. The lowest BCUT2D eigenvalue weighted by atomic mass is 10.4. The van der Waals surface area contributed by atoms with Gasteiger partial charge in [0.15, 0.2) is 0 Å². The van der Waals surface area contributed by atoms with E-state index in [9.17, 15) is 0 Å². The van der Waals surface area contributed by atoms with Crippen LogP contribution >= 0.6 is 0 Å². The van der Waals surface area contributed by atoms with Crippen molar-refractivity contribution < 1.29 is 4.74 Å². The molecule has 0 amide bonds. The van der Waals surface area contributed by atoms with E-state index in [0.29, 0.717) is 5.88 Å². The molecule has 0 aliphatic rings. The first-order valence-corrected chi connectivity index (χ1v) is 6.07. The van der Waals surface area contributed by atoms with Gasteiger partial charge in [0.05, 0.1) is 31.0 Å². The number of nitrogens with one attached hydrogen (secondary N) is 1. The number of hydrogen-bond donors (Lipinski definition) is 1. The zero-order valence-corrected chi connectivity index (χ0v) is 10.8. The molecule has 0 fully saturated rings. The van der Waals surface area contributed by atoms with Crippen molar-refractivity contribution >= 4 is 0 Å². The first kappa shape index (κ1) is 12.6. The Balaban J connectivity index is 2.04. The molecule has 0 saturated carbocycles. The standard InChI is InChI=1S/C13H18N4O/c1-3-6-14-7-11-9-17(10-16-11)12-4-5-13(18-2)15-8-12/h4-5,8-10,14H,3,6-7H2,1-2H3. The monoisotopic (exact) mass is 246 g/mol. The second-order valence-electron chi connectivity index (χ2n) is 4.01. The van der Waals surface area contributed by atoms with Gasteiger partial charge in [-0.2, -0.15) is 0 Å². The lowest BCUT2D eigenvalue weighted by Crippen LogP contribution is -2.13. The maximum atomic E-state index is 5.03. The third-order valence-corrected chi connectivity index (χ3v) is 2.60. The van der Waals surface area contributed by atoms with Gasteiger partial charge in [-0.1, -0.05) is 6.92 Å². The summed E-state index contributed by atoms with van der Waals surface area (Å²) in [6.07, 6.45) is 6.70. The van der Waals surface area contributed by atoms with E-state index in [2.05, 4.69) is 22.2 Å². The van der Waals surface area contributed by atoms with Gasteiger partial charge in [0, 0.05) is 18.8 Å². The first-order valence-electron chi connectivity index (χ1n) is 6.07. The number of hydrogen-bond acceptors (Lipinski definition) is 4. The zero-order valence-electron chi connectivity index (χ0n) is 10.8. The Morgan fingerprint density at radius 1 is 1.33 bits per heavy atom. The Labute approximate surface area is 107 Å². The summed E-state index contributed by atoms with van der Waals surface area (Å²) in [6, 6.07) is 3.79. The van der Waals surface area contributed by atoms with Gasteiger partial charge < -0.3 is 14.6 Å². The molecule has 18 heavy (non-hydrogen) atoms. The van der Waals surface area contributed by atoms with Crippen LogP contribution in [0.3, 0.4) is 0 Å². The number of aromatic nitrogens is 3. The minimum absolute atomic E-state index is 0.615. The summed E-state index contributed by atoms with van der Waals surface area (Å²) >= 11 is 0. The Bertz CT molecular complexity index is 478. The van der Waals surface area contributed by atoms with Crippen molar-refractivity contribution in [1.82, 2.24) is 19.9 Å². The van der Waals surface area contributed by atoms with Crippen LogP contribution in [0.5, 0.6) is 5.88 Å². The third kappa shape index (κ3) is 3.07. The van der Waals surface area contributed by atoms with Gasteiger partial charge in [0.2, 0.25) is 5.88 Å². The second-order valence-corrected chi connectivity index (χ2v) is 4.01. The second kappa shape index (κ2) is 6.16. The fourth-order valence-electron chi connectivity index (χ4n) is 1.64. The SMILES string of the molecule is CCCNCc1cn(-c2ccc(OC)nc2)cn1. The molecule has 0 saturated heterocycles. The Hall–Kier alpha value is -1.88. The highest BCUT2D eigenvalue weighted by Crippen LogP contribution is 2.11. The molecule has 2 aromatic rings. The van der Waals surface area contributed by atoms with Gasteiger partial charge in [-0.05, 0) is 19.0 Å². The van der Waals surface area contributed by atoms with Crippen molar-refractivity contribution in [1.29, 1.82) is 0 Å². The maximum Gasteiger partial charge on any atom is 0.213 e. The van der Waals surface area contributed by atoms with Crippen LogP contribution in [-0.2, 0) is 6.54 Å². The van der Waals surface area contributed by atoms with Gasteiger partial charge in [-0.15, -0.1) is 0 Å². The molecule has 0 bridgehead atoms. The van der Waals surface area contributed by atoms with E-state index in [1.54, 1.807) is 19.6 Å². The summed E-state index contributed by atoms with van der Waals surface area (Å²) in [7, 11) is 1.61. The summed E-state index contributed by atoms with van der Waals surface area (Å²) in [5.74, 6) is 0.615. The van der Waals surface area contributed by atoms with E-state index < -0.39 is 0 Å². The summed E-state index contributed by atoms with van der Waals surface area (Å²) in [5, 5.41) is 3.32. The van der Waals surface area contributed by atoms with Gasteiger partial charge >= 0.3 is 0 Å². The van der Waals surface area contributed by atoms with Crippen molar-refractivity contribution in [2.45, 2.75) is 19.9 Å². The highest BCUT2D eigenvalue weighted by molar-refractivity contribution is 5.31. The van der Waals surface area contributed by atoms with Gasteiger partial charge in [-0.25, -0.2) is 9.97 Å². The fraction of sp³-hybridized carbons (Fsp3) is 0.385. The van der Waals surface area contributed by atoms with Crippen molar-refractivity contribution in [3.63, 3.8) is 0 Å². The van der Waals surface area contributed by atoms with Crippen LogP contribution < -0.4 is 10.1 Å². The maximum absolute atomic E-state index is 5.03. The molecule has 0 aliphatic heterocycles. The van der Waals surface area contributed by atoms with E-state index in [1.807, 2.05) is 22.9 Å². The largest absolute Gasteiger partial charge is 0.481 e. The molecule has 1 N–H and O–H groups in total. The van der Waals surface area contributed by atoms with Gasteiger partial charge in [-0.3, -0.25) is 0 Å². The normalized spacial score (nSPS) is 10.6. The van der Waals surface area contributed by atoms with E-state index in [4.69, 9.17) is 4.74 Å². The highest BCUT2D eigenvalue weighted by atomic mass is 16.5. The van der Waals surface area contributed by atoms with Gasteiger partial charge in [0.25, 0.3) is 0 Å². The van der Waals surface area contributed by atoms with Gasteiger partial charge in [0.1, 0.15) is 0 Å². The predicted molar refractivity (Wildman–Crippen MR) is 69.9 cm³/mol. The molecule has 5 nitrogen and oxygen atoms in total. The van der Waals surface area contributed by atoms with Crippen LogP contribution in [0, 0.1) is 0 Å². The van der Waals surface area contributed by atoms with Crippen LogP contribution in [0.15, 0.2) is 30.9 Å². The number of rotatable bonds is 6. The fourth-order valence-corrected chi connectivity index (χ4v) is 1.64. The molecule has 0 unspecified atom stereocenters. The molecule has 2 aromatic heterocycles. The molecule has 2 heterocycles. The molecular formula is C13H18N4O. The van der Waals surface area contributed by atoms with E-state index in [1.165, 1.54) is 0 Å². The quantitative estimate of drug-likeness (QED) is 0.789. The van der Waals surface area contributed by atoms with Crippen LogP contribution in [0.2, 0.25) is 0 Å². The van der Waals surface area contributed by atoms with Crippen molar-refractivity contribution in [3.05, 3.63) is 36.5 Å². The zero-order chi connectivity index (χ0) is 12.8. The number of nitrogens with zero attached hydrogens (tertiary/aromatic N) is 3. The van der Waals surface area contributed by atoms with Crippen molar-refractivity contribution in [2.24, 2.45) is 0 Å². The number of methoxy groups -OCH3 is 1. The Morgan fingerprint density at radius 2 is 2.22 bits per heavy atom. The van der Waals surface area contributed by atoms with Crippen molar-refractivity contribution in [3.8, 4) is 11.6 Å². The summed E-state index contributed by atoms with van der Waals surface area (Å²) in [4.78, 5) is 8.52. The Morgan fingerprint density at radius 3 is 2.89 bits per heavy atom. The van der Waals surface area contributed by atoms with Crippen molar-refractivity contribution in [2.75, 3.05) is 13.7 Å². The number of pyridine rings is 1. The molecule has 5 heteroatoms. The smallest absolute Gasteiger partial charge is 0.213 e. The average molecular weight is 246 g/mol. The molecule has 0 radical (unpaired) electrons. The summed E-state index contributed by atoms with van der Waals surface area (Å²) in [6.45, 7) is 3.95. The predicted octanol–water partition coefficient (Wildman–Crippen LogP) is 1.78. The minimum atomic E-state index is 0.615. The van der Waals surface area contributed by atoms with Crippen LogP contribution in [0.1, 0.15) is 19.0 Å². The number of ether oxygens (including phenoxy) is 1. The highest BCUT2D eigenvalue weighted by Gasteiger charge is 2.01. The van der Waals surface area contributed by atoms with E-state index >= 15 is 0 Å². The summed E-state index contributed by atoms with van der Waals surface area (Å²) < 4.78 is 6.98. The molecule has 0 spiro atoms. The first-order chi connectivity index (χ1) is 8.83. The number of imidazole rings is 1. The lowest BCUT2D eigenvalue weighted by molar-refractivity contribution is 0.398. The van der Waals surface area contributed by atoms with E-state index in [-0.39, 0.29) is 0 Å². The third-order valence-electron chi connectivity index (χ3n) is 2.60. The van der Waals surface area contributed by atoms with Crippen LogP contribution in [0.4, 0.5) is 0 Å². The van der Waals surface area contributed by atoms with Crippen LogP contribution in [0.25, 0.3) is 5.69 Å². The summed E-state index contributed by atoms with van der Waals surface area (Å²) in [5.41, 5.74) is 2.00. The average Bonchev–Trinajstić information content (AvgIpc) is 2.88. The molecule has 96 valence electrons. The van der Waals surface area contributed by atoms with E-state index in [0.717, 1.165) is 30.9 Å². The molecular weight excluding hydrogens is 228 g/mol. The molecule has 0 aliphatic carbocycles. The lowest BCUT2D eigenvalue weighted by Gasteiger charge is -2.02. The molecule has 0 atom stereocenters. The topological polar surface area (TPSA) is 52.0 Å². The molecule has 2 rings (SSSR count).